The Labute approximate surface area is 220 Å². The van der Waals surface area contributed by atoms with Gasteiger partial charge in [-0.15, -0.1) is 11.8 Å². The number of hydrogen-bond donors (Lipinski definition) is 1. The zero-order valence-corrected chi connectivity index (χ0v) is 22.0. The molecule has 1 aliphatic heterocycles. The van der Waals surface area contributed by atoms with Crippen LogP contribution in [-0.2, 0) is 16.8 Å². The third-order valence-electron chi connectivity index (χ3n) is 6.39. The van der Waals surface area contributed by atoms with Gasteiger partial charge in [0.05, 0.1) is 47.4 Å². The van der Waals surface area contributed by atoms with Gasteiger partial charge in [-0.1, -0.05) is 0 Å². The molecule has 1 aliphatic rings. The highest BCUT2D eigenvalue weighted by molar-refractivity contribution is 7.97. The van der Waals surface area contributed by atoms with Gasteiger partial charge in [-0.2, -0.15) is 23.3 Å². The van der Waals surface area contributed by atoms with Crippen LogP contribution in [0.25, 0.3) is 28.2 Å². The summed E-state index contributed by atoms with van der Waals surface area (Å²) in [6.45, 7) is 4.95. The molecule has 5 rings (SSSR count). The van der Waals surface area contributed by atoms with Crippen LogP contribution in [-0.4, -0.2) is 68.4 Å². The van der Waals surface area contributed by atoms with Gasteiger partial charge in [0, 0.05) is 31.4 Å². The number of thioether (sulfide) groups is 1. The lowest BCUT2D eigenvalue weighted by Gasteiger charge is -2.34. The number of fused-ring (bicyclic) bond motifs is 1. The van der Waals surface area contributed by atoms with Crippen LogP contribution in [0.4, 0.5) is 29.3 Å². The van der Waals surface area contributed by atoms with Gasteiger partial charge in [0.1, 0.15) is 11.6 Å². The monoisotopic (exact) mass is 550 g/mol. The number of rotatable bonds is 6. The van der Waals surface area contributed by atoms with Crippen molar-refractivity contribution in [3.63, 3.8) is 0 Å². The summed E-state index contributed by atoms with van der Waals surface area (Å²) in [5.41, 5.74) is 0.139. The minimum atomic E-state index is -4.70. The molecule has 9 nitrogen and oxygen atoms in total. The van der Waals surface area contributed by atoms with E-state index >= 15 is 0 Å². The molecule has 0 saturated carbocycles. The average Bonchev–Trinajstić information content (AvgIpc) is 3.41. The van der Waals surface area contributed by atoms with Crippen LogP contribution in [0.5, 0.6) is 0 Å². The van der Waals surface area contributed by atoms with Gasteiger partial charge in [-0.3, -0.25) is 4.68 Å². The van der Waals surface area contributed by atoms with Crippen LogP contribution in [0.2, 0.25) is 0 Å². The Morgan fingerprint density at radius 2 is 1.97 bits per heavy atom. The van der Waals surface area contributed by atoms with E-state index in [1.165, 1.54) is 34.6 Å². The second-order valence-electron chi connectivity index (χ2n) is 8.91. The van der Waals surface area contributed by atoms with Gasteiger partial charge < -0.3 is 15.0 Å². The maximum absolute atomic E-state index is 14.2. The van der Waals surface area contributed by atoms with Crippen LogP contribution in [0.3, 0.4) is 0 Å². The number of hydrogen-bond acceptors (Lipinski definition) is 8. The van der Waals surface area contributed by atoms with E-state index < -0.39 is 17.7 Å². The number of nitrogens with zero attached hydrogens (tertiary/aromatic N) is 7. The number of ether oxygens (including phenoxy) is 1. The zero-order valence-electron chi connectivity index (χ0n) is 21.2. The van der Waals surface area contributed by atoms with Gasteiger partial charge in [0.25, 0.3) is 0 Å². The van der Waals surface area contributed by atoms with E-state index in [9.17, 15) is 17.6 Å². The Bertz CT molecular complexity index is 1480. The summed E-state index contributed by atoms with van der Waals surface area (Å²) in [6.07, 6.45) is -2.91. The summed E-state index contributed by atoms with van der Waals surface area (Å²) in [5, 5.41) is 6.85. The zero-order chi connectivity index (χ0) is 27.2. The van der Waals surface area contributed by atoms with Gasteiger partial charge in [0.15, 0.2) is 5.69 Å². The number of alkyl halides is 3. The number of imidazole rings is 1. The largest absolute Gasteiger partial charge is 0.435 e. The Balaban J connectivity index is 1.80. The molecule has 0 aliphatic carbocycles. The van der Waals surface area contributed by atoms with Crippen molar-refractivity contribution in [3.05, 3.63) is 41.5 Å². The molecule has 3 aromatic heterocycles. The van der Waals surface area contributed by atoms with Crippen molar-refractivity contribution >= 4 is 34.6 Å². The standard InChI is InChI=1S/C24H26F4N8OS/c1-13-11-37-8-7-34(13)19-10-17(20-14(2)35(12-38-4)33-21(20)24(26,27)28)31-23(32-19)36-18-6-5-15(25)9-16(18)30-22(36)29-3/h5-6,9-10,13H,7-8,11-12H2,1-4H3,(H,29,30)/t13-/m1/s1. The van der Waals surface area contributed by atoms with E-state index in [1.54, 1.807) is 30.9 Å². The third-order valence-corrected chi connectivity index (χ3v) is 6.89. The maximum Gasteiger partial charge on any atom is 0.435 e. The first kappa shape index (κ1) is 26.2. The highest BCUT2D eigenvalue weighted by Crippen LogP contribution is 2.39. The Kier molecular flexibility index (Phi) is 6.94. The summed E-state index contributed by atoms with van der Waals surface area (Å²) in [4.78, 5) is 15.8. The topological polar surface area (TPSA) is 85.9 Å². The van der Waals surface area contributed by atoms with Crippen LogP contribution in [0, 0.1) is 12.7 Å². The number of halogens is 4. The molecule has 1 fully saturated rings. The van der Waals surface area contributed by atoms with Gasteiger partial charge in [-0.25, -0.2) is 18.9 Å². The van der Waals surface area contributed by atoms with Gasteiger partial charge in [-0.05, 0) is 32.2 Å². The van der Waals surface area contributed by atoms with E-state index in [0.29, 0.717) is 48.3 Å². The molecule has 0 bridgehead atoms. The van der Waals surface area contributed by atoms with Crippen molar-refractivity contribution in [1.29, 1.82) is 0 Å². The first-order valence-corrected chi connectivity index (χ1v) is 13.2. The summed E-state index contributed by atoms with van der Waals surface area (Å²) in [7, 11) is 1.64. The summed E-state index contributed by atoms with van der Waals surface area (Å²) in [5.74, 6) is 0.641. The van der Waals surface area contributed by atoms with Gasteiger partial charge in [0.2, 0.25) is 11.9 Å². The molecule has 1 aromatic carbocycles. The normalized spacial score (nSPS) is 16.4. The molecule has 202 valence electrons. The smallest absolute Gasteiger partial charge is 0.377 e. The highest BCUT2D eigenvalue weighted by atomic mass is 32.2. The Morgan fingerprint density at radius 3 is 2.66 bits per heavy atom. The predicted octanol–water partition coefficient (Wildman–Crippen LogP) is 4.73. The van der Waals surface area contributed by atoms with Crippen molar-refractivity contribution in [3.8, 4) is 17.2 Å². The molecule has 1 saturated heterocycles. The molecule has 0 unspecified atom stereocenters. The van der Waals surface area contributed by atoms with Crippen LogP contribution >= 0.6 is 11.8 Å². The molecular formula is C24H26F4N8OS. The number of anilines is 2. The summed E-state index contributed by atoms with van der Waals surface area (Å²) >= 11 is 1.36. The molecule has 4 aromatic rings. The molecule has 0 amide bonds. The Morgan fingerprint density at radius 1 is 1.18 bits per heavy atom. The first-order chi connectivity index (χ1) is 18.1. The first-order valence-electron chi connectivity index (χ1n) is 11.9. The quantitative estimate of drug-likeness (QED) is 0.345. The van der Waals surface area contributed by atoms with E-state index in [-0.39, 0.29) is 29.1 Å². The SMILES string of the molecule is CNc1nc2cc(F)ccc2n1-c1nc(-c2c(C(F)(F)F)nn(CSC)c2C)cc(N2CCOC[C@H]2C)n1. The third kappa shape index (κ3) is 4.66. The highest BCUT2D eigenvalue weighted by Gasteiger charge is 2.40. The lowest BCUT2D eigenvalue weighted by Crippen LogP contribution is -2.44. The number of morpholine rings is 1. The van der Waals surface area contributed by atoms with Crippen molar-refractivity contribution < 1.29 is 22.3 Å². The lowest BCUT2D eigenvalue weighted by molar-refractivity contribution is -0.141. The fourth-order valence-electron chi connectivity index (χ4n) is 4.59. The summed E-state index contributed by atoms with van der Waals surface area (Å²) in [6, 6.07) is 5.59. The van der Waals surface area contributed by atoms with Crippen molar-refractivity contribution in [2.45, 2.75) is 31.9 Å². The second kappa shape index (κ2) is 10.1. The van der Waals surface area contributed by atoms with Crippen molar-refractivity contribution in [2.75, 3.05) is 43.3 Å². The van der Waals surface area contributed by atoms with E-state index in [4.69, 9.17) is 9.72 Å². The second-order valence-corrected chi connectivity index (χ2v) is 9.74. The molecular weight excluding hydrogens is 524 g/mol. The molecule has 14 heteroatoms. The molecule has 38 heavy (non-hydrogen) atoms. The van der Waals surface area contributed by atoms with Crippen LogP contribution < -0.4 is 10.2 Å². The summed E-state index contributed by atoms with van der Waals surface area (Å²) < 4.78 is 65.0. The maximum atomic E-state index is 14.2. The van der Waals surface area contributed by atoms with Crippen molar-refractivity contribution in [1.82, 2.24) is 29.3 Å². The molecule has 0 radical (unpaired) electrons. The molecule has 1 N–H and O–H groups in total. The molecule has 1 atom stereocenters. The van der Waals surface area contributed by atoms with E-state index in [1.807, 2.05) is 11.8 Å². The average molecular weight is 551 g/mol. The number of aromatic nitrogens is 6. The Hall–Kier alpha value is -3.39. The fraction of sp³-hybridized carbons (Fsp3) is 0.417. The fourth-order valence-corrected chi connectivity index (χ4v) is 5.08. The lowest BCUT2D eigenvalue weighted by atomic mass is 10.1. The van der Waals surface area contributed by atoms with E-state index in [0.717, 1.165) is 0 Å². The number of benzene rings is 1. The minimum Gasteiger partial charge on any atom is -0.377 e. The molecule has 4 heterocycles. The molecule has 0 spiro atoms. The van der Waals surface area contributed by atoms with Crippen LogP contribution in [0.1, 0.15) is 18.3 Å². The minimum absolute atomic E-state index is 0.0702. The van der Waals surface area contributed by atoms with Crippen LogP contribution in [0.15, 0.2) is 24.3 Å². The van der Waals surface area contributed by atoms with Crippen molar-refractivity contribution in [2.24, 2.45) is 0 Å². The predicted molar refractivity (Wildman–Crippen MR) is 138 cm³/mol. The van der Waals surface area contributed by atoms with Gasteiger partial charge >= 0.3 is 6.18 Å². The van der Waals surface area contributed by atoms with E-state index in [2.05, 4.69) is 20.4 Å². The number of nitrogens with one attached hydrogen (secondary N) is 1.